The van der Waals surface area contributed by atoms with Crippen LogP contribution in [0.5, 0.6) is 0 Å². The molecule has 2 aliphatic rings. The van der Waals surface area contributed by atoms with Crippen LogP contribution in [0.3, 0.4) is 0 Å². The molecule has 1 aliphatic heterocycles. The lowest BCUT2D eigenvalue weighted by Gasteiger charge is -2.29. The number of hydrogen-bond acceptors (Lipinski definition) is 3. The van der Waals surface area contributed by atoms with Crippen LogP contribution in [0.4, 0.5) is 0 Å². The van der Waals surface area contributed by atoms with Crippen LogP contribution in [0.2, 0.25) is 0 Å². The molecule has 100 valence electrons. The van der Waals surface area contributed by atoms with Crippen molar-refractivity contribution in [3.8, 4) is 0 Å². The van der Waals surface area contributed by atoms with Gasteiger partial charge in [-0.3, -0.25) is 14.5 Å². The number of imide groups is 1. The Bertz CT molecular complexity index is 504. The number of nitrogens with zero attached hydrogens (tertiary/aromatic N) is 1. The lowest BCUT2D eigenvalue weighted by atomic mass is 9.96. The van der Waals surface area contributed by atoms with E-state index >= 15 is 0 Å². The summed E-state index contributed by atoms with van der Waals surface area (Å²) in [6, 6.07) is 7.40. The Morgan fingerprint density at radius 2 is 1.74 bits per heavy atom. The monoisotopic (exact) mass is 259 g/mol. The lowest BCUT2D eigenvalue weighted by Crippen LogP contribution is -2.45. The number of likely N-dealkylation sites (tertiary alicyclic amines) is 1. The van der Waals surface area contributed by atoms with E-state index in [0.717, 1.165) is 30.4 Å². The molecular formula is C15H17NO3. The summed E-state index contributed by atoms with van der Waals surface area (Å²) >= 11 is 0. The van der Waals surface area contributed by atoms with Gasteiger partial charge in [0.15, 0.2) is 0 Å². The van der Waals surface area contributed by atoms with Crippen LogP contribution in [0.1, 0.15) is 30.4 Å². The number of carbonyl (C=O) groups is 2. The molecule has 1 heterocycles. The Morgan fingerprint density at radius 1 is 1.11 bits per heavy atom. The van der Waals surface area contributed by atoms with Gasteiger partial charge in [0.1, 0.15) is 0 Å². The summed E-state index contributed by atoms with van der Waals surface area (Å²) in [6.07, 6.45) is 2.44. The van der Waals surface area contributed by atoms with Crippen molar-refractivity contribution in [3.63, 3.8) is 0 Å². The second-order valence-electron chi connectivity index (χ2n) is 5.45. The average molecular weight is 259 g/mol. The summed E-state index contributed by atoms with van der Waals surface area (Å²) in [6.45, 7) is 0.305. The average Bonchev–Trinajstić information content (AvgIpc) is 2.89. The lowest BCUT2D eigenvalue weighted by molar-refractivity contribution is -0.153. The summed E-state index contributed by atoms with van der Waals surface area (Å²) < 4.78 is 0. The first kappa shape index (κ1) is 12.4. The highest BCUT2D eigenvalue weighted by molar-refractivity contribution is 6.00. The van der Waals surface area contributed by atoms with E-state index in [2.05, 4.69) is 0 Å². The van der Waals surface area contributed by atoms with Crippen molar-refractivity contribution in [1.29, 1.82) is 0 Å². The van der Waals surface area contributed by atoms with E-state index in [1.807, 2.05) is 24.3 Å². The van der Waals surface area contributed by atoms with E-state index < -0.39 is 0 Å². The van der Waals surface area contributed by atoms with E-state index in [9.17, 15) is 9.59 Å². The highest BCUT2D eigenvalue weighted by atomic mass is 16.3. The molecule has 0 radical (unpaired) electrons. The number of aliphatic hydroxyl groups is 1. The molecule has 1 aliphatic carbocycles. The maximum Gasteiger partial charge on any atom is 0.232 e. The quantitative estimate of drug-likeness (QED) is 0.836. The third-order valence-electron chi connectivity index (χ3n) is 4.18. The Kier molecular flexibility index (Phi) is 3.11. The number of carbonyl (C=O) groups excluding carboxylic acids is 2. The first-order valence-corrected chi connectivity index (χ1v) is 6.73. The second kappa shape index (κ2) is 4.78. The molecule has 0 aromatic heterocycles. The summed E-state index contributed by atoms with van der Waals surface area (Å²) in [7, 11) is 0. The van der Waals surface area contributed by atoms with Gasteiger partial charge in [0.25, 0.3) is 0 Å². The highest BCUT2D eigenvalue weighted by Crippen LogP contribution is 2.38. The van der Waals surface area contributed by atoms with E-state index in [1.165, 1.54) is 4.90 Å². The van der Waals surface area contributed by atoms with Crippen molar-refractivity contribution < 1.29 is 14.7 Å². The van der Waals surface area contributed by atoms with Crippen molar-refractivity contribution in [1.82, 2.24) is 4.90 Å². The molecule has 3 rings (SSSR count). The van der Waals surface area contributed by atoms with Gasteiger partial charge in [-0.2, -0.15) is 0 Å². The Labute approximate surface area is 112 Å². The molecule has 1 saturated carbocycles. The van der Waals surface area contributed by atoms with Crippen molar-refractivity contribution in [2.24, 2.45) is 11.8 Å². The predicted octanol–water partition coefficient (Wildman–Crippen LogP) is 1.46. The smallest absolute Gasteiger partial charge is 0.232 e. The Hall–Kier alpha value is -1.68. The molecule has 1 N–H and O–H groups in total. The number of rotatable bonds is 3. The zero-order valence-corrected chi connectivity index (χ0v) is 10.7. The van der Waals surface area contributed by atoms with E-state index in [0.29, 0.717) is 6.54 Å². The number of benzene rings is 1. The molecule has 2 amide bonds. The molecule has 19 heavy (non-hydrogen) atoms. The third kappa shape index (κ3) is 2.16. The predicted molar refractivity (Wildman–Crippen MR) is 68.8 cm³/mol. The SMILES string of the molecule is O=C1C2CCC(C2)C(=O)N1Cc1cccc(CO)c1. The summed E-state index contributed by atoms with van der Waals surface area (Å²) in [5.41, 5.74) is 1.70. The molecule has 1 aromatic carbocycles. The van der Waals surface area contributed by atoms with Crippen LogP contribution < -0.4 is 0 Å². The molecule has 4 nitrogen and oxygen atoms in total. The highest BCUT2D eigenvalue weighted by Gasteiger charge is 2.44. The maximum absolute atomic E-state index is 12.2. The minimum atomic E-state index is -0.0268. The van der Waals surface area contributed by atoms with Crippen molar-refractivity contribution >= 4 is 11.8 Å². The fourth-order valence-corrected chi connectivity index (χ4v) is 3.14. The van der Waals surface area contributed by atoms with Gasteiger partial charge < -0.3 is 5.11 Å². The number of piperidine rings is 1. The largest absolute Gasteiger partial charge is 0.392 e. The van der Waals surface area contributed by atoms with Crippen LogP contribution in [-0.2, 0) is 22.7 Å². The van der Waals surface area contributed by atoms with Gasteiger partial charge in [-0.05, 0) is 30.4 Å². The van der Waals surface area contributed by atoms with Gasteiger partial charge >= 0.3 is 0 Å². The van der Waals surface area contributed by atoms with Crippen LogP contribution in [-0.4, -0.2) is 21.8 Å². The molecular weight excluding hydrogens is 242 g/mol. The Morgan fingerprint density at radius 3 is 2.37 bits per heavy atom. The maximum atomic E-state index is 12.2. The molecule has 2 unspecified atom stereocenters. The van der Waals surface area contributed by atoms with Gasteiger partial charge in [-0.1, -0.05) is 24.3 Å². The van der Waals surface area contributed by atoms with E-state index in [-0.39, 0.29) is 30.3 Å². The van der Waals surface area contributed by atoms with Gasteiger partial charge in [-0.15, -0.1) is 0 Å². The van der Waals surface area contributed by atoms with Crippen LogP contribution in [0.15, 0.2) is 24.3 Å². The topological polar surface area (TPSA) is 57.6 Å². The fourth-order valence-electron chi connectivity index (χ4n) is 3.14. The van der Waals surface area contributed by atoms with Gasteiger partial charge in [0.2, 0.25) is 11.8 Å². The van der Waals surface area contributed by atoms with Crippen LogP contribution in [0, 0.1) is 11.8 Å². The second-order valence-corrected chi connectivity index (χ2v) is 5.45. The number of hydrogen-bond donors (Lipinski definition) is 1. The minimum absolute atomic E-state index is 0.0202. The Balaban J connectivity index is 1.81. The first-order chi connectivity index (χ1) is 9.19. The van der Waals surface area contributed by atoms with Gasteiger partial charge in [0.05, 0.1) is 13.2 Å². The molecule has 1 aromatic rings. The third-order valence-corrected chi connectivity index (χ3v) is 4.18. The number of fused-ring (bicyclic) bond motifs is 2. The van der Waals surface area contributed by atoms with Crippen molar-refractivity contribution in [3.05, 3.63) is 35.4 Å². The van der Waals surface area contributed by atoms with E-state index in [4.69, 9.17) is 5.11 Å². The minimum Gasteiger partial charge on any atom is -0.392 e. The van der Waals surface area contributed by atoms with Gasteiger partial charge in [-0.25, -0.2) is 0 Å². The normalized spacial score (nSPS) is 26.1. The summed E-state index contributed by atoms with van der Waals surface area (Å²) in [4.78, 5) is 25.8. The molecule has 4 heteroatoms. The zero-order valence-electron chi connectivity index (χ0n) is 10.7. The molecule has 2 atom stereocenters. The zero-order chi connectivity index (χ0) is 13.4. The van der Waals surface area contributed by atoms with Crippen LogP contribution in [0.25, 0.3) is 0 Å². The molecule has 1 saturated heterocycles. The van der Waals surface area contributed by atoms with E-state index in [1.54, 1.807) is 0 Å². The molecule has 2 bridgehead atoms. The fraction of sp³-hybridized carbons (Fsp3) is 0.467. The first-order valence-electron chi connectivity index (χ1n) is 6.73. The number of amides is 2. The molecule has 2 fully saturated rings. The summed E-state index contributed by atoms with van der Waals surface area (Å²) in [5.74, 6) is 0.0498. The summed E-state index contributed by atoms with van der Waals surface area (Å²) in [5, 5.41) is 9.12. The standard InChI is InChI=1S/C15H17NO3/c17-9-11-3-1-2-10(6-11)8-16-14(18)12-4-5-13(7-12)15(16)19/h1-3,6,12-13,17H,4-5,7-9H2. The van der Waals surface area contributed by atoms with Crippen LogP contribution >= 0.6 is 0 Å². The van der Waals surface area contributed by atoms with Gasteiger partial charge in [0, 0.05) is 11.8 Å². The van der Waals surface area contributed by atoms with Crippen molar-refractivity contribution in [2.75, 3.05) is 0 Å². The number of aliphatic hydroxyl groups excluding tert-OH is 1. The van der Waals surface area contributed by atoms with Crippen molar-refractivity contribution in [2.45, 2.75) is 32.4 Å². The molecule has 0 spiro atoms.